The van der Waals surface area contributed by atoms with Crippen molar-refractivity contribution in [1.29, 1.82) is 0 Å². The molecule has 252 valence electrons. The number of fused-ring (bicyclic) bond motifs is 10. The highest BCUT2D eigenvalue weighted by molar-refractivity contribution is 6.30. The first-order valence-electron chi connectivity index (χ1n) is 18.8. The molecule has 54 heavy (non-hydrogen) atoms. The normalized spacial score (nSPS) is 13.0. The molecule has 0 saturated carbocycles. The van der Waals surface area contributed by atoms with Crippen molar-refractivity contribution in [3.05, 3.63) is 175 Å². The minimum Gasteiger partial charge on any atom is -0.460 e. The smallest absolute Gasteiger partial charge is 0.135 e. The Balaban J connectivity index is 1.18. The molecule has 11 aromatic rings. The second-order valence-corrected chi connectivity index (χ2v) is 14.6. The summed E-state index contributed by atoms with van der Waals surface area (Å²) in [6, 6.07) is 57.7. The van der Waals surface area contributed by atoms with Gasteiger partial charge >= 0.3 is 0 Å². The number of para-hydroxylation sites is 1. The van der Waals surface area contributed by atoms with Crippen molar-refractivity contribution in [2.75, 3.05) is 0 Å². The highest BCUT2D eigenvalue weighted by Crippen LogP contribution is 2.50. The number of benzene rings is 9. The third-order valence-corrected chi connectivity index (χ3v) is 11.7. The zero-order chi connectivity index (χ0) is 35.3. The molecule has 0 bridgehead atoms. The minimum atomic E-state index is 0.909. The Labute approximate surface area is 311 Å². The topological polar surface area (TPSA) is 26.3 Å². The van der Waals surface area contributed by atoms with Crippen molar-refractivity contribution in [2.45, 2.75) is 12.8 Å². The van der Waals surface area contributed by atoms with Crippen molar-refractivity contribution in [1.82, 2.24) is 0 Å². The van der Waals surface area contributed by atoms with Crippen molar-refractivity contribution in [3.8, 4) is 33.4 Å². The Bertz CT molecular complexity index is 3270. The van der Waals surface area contributed by atoms with Crippen LogP contribution in [0.4, 0.5) is 0 Å². The molecule has 0 spiro atoms. The van der Waals surface area contributed by atoms with Gasteiger partial charge in [-0.1, -0.05) is 140 Å². The third-order valence-electron chi connectivity index (χ3n) is 11.7. The average Bonchev–Trinajstić information content (AvgIpc) is 3.80. The maximum absolute atomic E-state index is 6.34. The fraction of sp³-hybridized carbons (Fsp3) is 0.0385. The van der Waals surface area contributed by atoms with Crippen molar-refractivity contribution in [2.24, 2.45) is 0 Å². The molecule has 9 aromatic carbocycles. The largest absolute Gasteiger partial charge is 0.460 e. The quantitative estimate of drug-likeness (QED) is 0.173. The lowest BCUT2D eigenvalue weighted by Crippen LogP contribution is -1.94. The maximum atomic E-state index is 6.34. The van der Waals surface area contributed by atoms with Crippen LogP contribution in [-0.4, -0.2) is 0 Å². The molecule has 0 amide bonds. The van der Waals surface area contributed by atoms with E-state index in [1.54, 1.807) is 0 Å². The molecule has 0 unspecified atom stereocenters. The van der Waals surface area contributed by atoms with Gasteiger partial charge in [0.05, 0.1) is 0 Å². The Morgan fingerprint density at radius 1 is 0.333 bits per heavy atom. The van der Waals surface area contributed by atoms with Crippen LogP contribution < -0.4 is 0 Å². The van der Waals surface area contributed by atoms with E-state index in [0.717, 1.165) is 46.1 Å². The van der Waals surface area contributed by atoms with E-state index in [0.29, 0.717) is 0 Å². The first-order valence-corrected chi connectivity index (χ1v) is 18.8. The maximum Gasteiger partial charge on any atom is 0.135 e. The summed E-state index contributed by atoms with van der Waals surface area (Å²) < 4.78 is 12.6. The lowest BCUT2D eigenvalue weighted by molar-refractivity contribution is 0.546. The second-order valence-electron chi connectivity index (χ2n) is 14.6. The van der Waals surface area contributed by atoms with E-state index in [-0.39, 0.29) is 0 Å². The fourth-order valence-electron chi connectivity index (χ4n) is 9.41. The van der Waals surface area contributed by atoms with E-state index in [9.17, 15) is 0 Å². The van der Waals surface area contributed by atoms with Crippen LogP contribution in [0.2, 0.25) is 0 Å². The zero-order valence-electron chi connectivity index (χ0n) is 29.4. The van der Waals surface area contributed by atoms with Gasteiger partial charge in [0, 0.05) is 28.1 Å². The van der Waals surface area contributed by atoms with E-state index in [2.05, 4.69) is 164 Å². The van der Waals surface area contributed by atoms with Gasteiger partial charge in [-0.05, 0) is 113 Å². The molecule has 0 fully saturated rings. The van der Waals surface area contributed by atoms with Crippen molar-refractivity contribution < 1.29 is 8.83 Å². The summed E-state index contributed by atoms with van der Waals surface area (Å²) in [5.41, 5.74) is 11.4. The van der Waals surface area contributed by atoms with Crippen LogP contribution in [0.3, 0.4) is 0 Å². The van der Waals surface area contributed by atoms with E-state index < -0.39 is 0 Å². The molecule has 2 heteroatoms. The second kappa shape index (κ2) is 11.3. The van der Waals surface area contributed by atoms with Gasteiger partial charge in [0.15, 0.2) is 0 Å². The van der Waals surface area contributed by atoms with Gasteiger partial charge in [0.1, 0.15) is 22.5 Å². The number of hydrogen-bond donors (Lipinski definition) is 0. The predicted molar refractivity (Wildman–Crippen MR) is 227 cm³/mol. The Morgan fingerprint density at radius 2 is 0.741 bits per heavy atom. The first-order chi connectivity index (χ1) is 26.8. The molecule has 12 rings (SSSR count). The van der Waals surface area contributed by atoms with Gasteiger partial charge in [0.25, 0.3) is 0 Å². The number of aryl methyl sites for hydroxylation is 1. The summed E-state index contributed by atoms with van der Waals surface area (Å²) in [5.74, 6) is 1.09. The molecule has 0 atom stereocenters. The number of hydrogen-bond acceptors (Lipinski definition) is 2. The predicted octanol–water partition coefficient (Wildman–Crippen LogP) is 14.9. The Hall–Kier alpha value is -6.90. The van der Waals surface area contributed by atoms with Crippen LogP contribution in [0.1, 0.15) is 17.7 Å². The third kappa shape index (κ3) is 4.17. The number of allylic oxidation sites excluding steroid dienone is 1. The van der Waals surface area contributed by atoms with Crippen LogP contribution in [-0.2, 0) is 6.42 Å². The Kier molecular flexibility index (Phi) is 6.20. The van der Waals surface area contributed by atoms with Gasteiger partial charge in [-0.15, -0.1) is 0 Å². The van der Waals surface area contributed by atoms with Crippen molar-refractivity contribution >= 4 is 82.1 Å². The van der Waals surface area contributed by atoms with Crippen LogP contribution in [0.25, 0.3) is 115 Å². The van der Waals surface area contributed by atoms with Crippen molar-refractivity contribution in [3.63, 3.8) is 0 Å². The summed E-state index contributed by atoms with van der Waals surface area (Å²) >= 11 is 0. The molecule has 1 aliphatic rings. The minimum absolute atomic E-state index is 0.909. The lowest BCUT2D eigenvalue weighted by Gasteiger charge is -2.22. The summed E-state index contributed by atoms with van der Waals surface area (Å²) in [6.07, 6.45) is 6.48. The molecule has 0 N–H and O–H groups in total. The van der Waals surface area contributed by atoms with Crippen LogP contribution in [0.15, 0.2) is 173 Å². The van der Waals surface area contributed by atoms with E-state index >= 15 is 0 Å². The van der Waals surface area contributed by atoms with Gasteiger partial charge in [-0.2, -0.15) is 0 Å². The molecular formula is C52H32O2. The van der Waals surface area contributed by atoms with Gasteiger partial charge in [-0.25, -0.2) is 0 Å². The monoisotopic (exact) mass is 688 g/mol. The van der Waals surface area contributed by atoms with E-state index in [1.807, 2.05) is 6.07 Å². The van der Waals surface area contributed by atoms with Gasteiger partial charge in [-0.3, -0.25) is 0 Å². The zero-order valence-corrected chi connectivity index (χ0v) is 29.4. The standard InChI is InChI=1S/C52H32O2/c1-5-19-39-35(15-1)49(31-25-27-47-43(29-31)33-13-9-11-23-45(33)53-47)36-16-2-6-20-40(36)51(39)52-41-21-7-3-17-37(41)50(38-18-4-8-22-42(38)52)32-26-28-48-44(30-32)34-14-10-12-24-46(34)54-48/h1-11,13-23,25-30H,12,24H2. The highest BCUT2D eigenvalue weighted by atomic mass is 16.3. The van der Waals surface area contributed by atoms with Crippen LogP contribution in [0.5, 0.6) is 0 Å². The van der Waals surface area contributed by atoms with Gasteiger partial charge < -0.3 is 8.83 Å². The van der Waals surface area contributed by atoms with Gasteiger partial charge in [0.2, 0.25) is 0 Å². The summed E-state index contributed by atoms with van der Waals surface area (Å²) in [5, 5.41) is 13.4. The first kappa shape index (κ1) is 29.7. The van der Waals surface area contributed by atoms with E-state index in [1.165, 1.54) is 87.4 Å². The molecule has 0 aliphatic heterocycles. The molecule has 2 nitrogen and oxygen atoms in total. The molecule has 2 aromatic heterocycles. The summed E-state index contributed by atoms with van der Waals surface area (Å²) in [6.45, 7) is 0. The molecular weight excluding hydrogens is 657 g/mol. The molecule has 0 radical (unpaired) electrons. The highest BCUT2D eigenvalue weighted by Gasteiger charge is 2.23. The molecule has 2 heterocycles. The van der Waals surface area contributed by atoms with Crippen LogP contribution >= 0.6 is 0 Å². The summed E-state index contributed by atoms with van der Waals surface area (Å²) in [7, 11) is 0. The van der Waals surface area contributed by atoms with Crippen LogP contribution in [0, 0.1) is 0 Å². The lowest BCUT2D eigenvalue weighted by atomic mass is 9.81. The SMILES string of the molecule is C1=Cc2c(oc3ccc(-c4c5ccccc5c(-c5c6ccccc6c(-c6ccc7oc8ccccc8c7c6)c6ccccc56)c5ccccc45)cc23)CC1. The molecule has 0 saturated heterocycles. The number of furan rings is 2. The Morgan fingerprint density at radius 3 is 1.26 bits per heavy atom. The average molecular weight is 689 g/mol. The fourth-order valence-corrected chi connectivity index (χ4v) is 9.41. The summed E-state index contributed by atoms with van der Waals surface area (Å²) in [4.78, 5) is 0. The molecule has 1 aliphatic carbocycles. The van der Waals surface area contributed by atoms with E-state index in [4.69, 9.17) is 8.83 Å². The number of rotatable bonds is 3.